The first kappa shape index (κ1) is 14.8. The molecule has 0 bridgehead atoms. The normalized spacial score (nSPS) is 18.0. The highest BCUT2D eigenvalue weighted by molar-refractivity contribution is 7.97. The van der Waals surface area contributed by atoms with Crippen molar-refractivity contribution in [3.05, 3.63) is 54.0 Å². The summed E-state index contributed by atoms with van der Waals surface area (Å²) in [5.41, 5.74) is 4.52. The first-order chi connectivity index (χ1) is 11.0. The molecule has 23 heavy (non-hydrogen) atoms. The van der Waals surface area contributed by atoms with Crippen LogP contribution < -0.4 is 0 Å². The summed E-state index contributed by atoms with van der Waals surface area (Å²) in [5, 5.41) is 1.06. The summed E-state index contributed by atoms with van der Waals surface area (Å²) in [4.78, 5) is 4.51. The largest absolute Gasteiger partial charge is 0.360 e. The van der Waals surface area contributed by atoms with Gasteiger partial charge in [0.25, 0.3) is 0 Å². The van der Waals surface area contributed by atoms with E-state index in [1.54, 1.807) is 6.07 Å². The number of benzene rings is 2. The van der Waals surface area contributed by atoms with Gasteiger partial charge in [0.05, 0.1) is 0 Å². The summed E-state index contributed by atoms with van der Waals surface area (Å²) in [6.07, 6.45) is 1.97. The number of nitrogens with zero attached hydrogens (tertiary/aromatic N) is 1. The fraction of sp³-hybridized carbons (Fsp3) is 0.263. The standard InChI is InChI=1S/C19H19FN2S/c1-11(2)22-12(3)16-8-13(4-7-19(16)23-22)17-10-21-18-9-14(20)5-6-15(17)18/h4-12,21H,1-3H3. The topological polar surface area (TPSA) is 19.0 Å². The van der Waals surface area contributed by atoms with Crippen LogP contribution in [0.1, 0.15) is 32.4 Å². The predicted molar refractivity (Wildman–Crippen MR) is 94.9 cm³/mol. The van der Waals surface area contributed by atoms with Crippen molar-refractivity contribution in [2.75, 3.05) is 0 Å². The van der Waals surface area contributed by atoms with Crippen molar-refractivity contribution in [1.82, 2.24) is 9.29 Å². The number of halogens is 1. The summed E-state index contributed by atoms with van der Waals surface area (Å²) < 4.78 is 15.8. The van der Waals surface area contributed by atoms with Crippen LogP contribution in [0.2, 0.25) is 0 Å². The lowest BCUT2D eigenvalue weighted by molar-refractivity contribution is 0.333. The van der Waals surface area contributed by atoms with E-state index in [0.717, 1.165) is 16.5 Å². The second-order valence-corrected chi connectivity index (χ2v) is 7.41. The minimum absolute atomic E-state index is 0.211. The summed E-state index contributed by atoms with van der Waals surface area (Å²) in [6.45, 7) is 6.71. The second-order valence-electron chi connectivity index (χ2n) is 6.37. The van der Waals surface area contributed by atoms with Crippen molar-refractivity contribution < 1.29 is 4.39 Å². The number of hydrogen-bond acceptors (Lipinski definition) is 2. The maximum absolute atomic E-state index is 13.4. The molecule has 3 aromatic rings. The summed E-state index contributed by atoms with van der Waals surface area (Å²) in [6, 6.07) is 12.5. The Morgan fingerprint density at radius 2 is 2.00 bits per heavy atom. The van der Waals surface area contributed by atoms with Crippen LogP contribution in [0.5, 0.6) is 0 Å². The molecular weight excluding hydrogens is 307 g/mol. The molecule has 1 N–H and O–H groups in total. The van der Waals surface area contributed by atoms with E-state index in [1.807, 2.05) is 24.2 Å². The molecule has 1 aromatic heterocycles. The number of aromatic amines is 1. The van der Waals surface area contributed by atoms with Crippen molar-refractivity contribution in [3.8, 4) is 11.1 Å². The molecule has 1 atom stereocenters. The highest BCUT2D eigenvalue weighted by Crippen LogP contribution is 2.46. The van der Waals surface area contributed by atoms with Crippen molar-refractivity contribution in [3.63, 3.8) is 0 Å². The van der Waals surface area contributed by atoms with Crippen LogP contribution in [0, 0.1) is 5.82 Å². The van der Waals surface area contributed by atoms with Crippen LogP contribution in [0.25, 0.3) is 22.0 Å². The van der Waals surface area contributed by atoms with Crippen LogP contribution in [-0.4, -0.2) is 15.3 Å². The van der Waals surface area contributed by atoms with E-state index in [0.29, 0.717) is 12.1 Å². The lowest BCUT2D eigenvalue weighted by Gasteiger charge is -2.23. The van der Waals surface area contributed by atoms with Gasteiger partial charge in [-0.1, -0.05) is 6.07 Å². The molecule has 0 aliphatic carbocycles. The zero-order valence-corrected chi connectivity index (χ0v) is 14.2. The molecule has 0 saturated carbocycles. The quantitative estimate of drug-likeness (QED) is 0.603. The average Bonchev–Trinajstić information content (AvgIpc) is 3.08. The van der Waals surface area contributed by atoms with Gasteiger partial charge >= 0.3 is 0 Å². The lowest BCUT2D eigenvalue weighted by atomic mass is 9.99. The zero-order chi connectivity index (χ0) is 16.1. The number of H-pyrrole nitrogens is 1. The van der Waals surface area contributed by atoms with Crippen molar-refractivity contribution in [1.29, 1.82) is 0 Å². The van der Waals surface area contributed by atoms with Gasteiger partial charge in [0.15, 0.2) is 0 Å². The highest BCUT2D eigenvalue weighted by atomic mass is 32.2. The molecule has 0 spiro atoms. The van der Waals surface area contributed by atoms with Crippen LogP contribution in [0.4, 0.5) is 4.39 Å². The maximum Gasteiger partial charge on any atom is 0.125 e. The number of fused-ring (bicyclic) bond motifs is 2. The van der Waals surface area contributed by atoms with Crippen LogP contribution in [-0.2, 0) is 0 Å². The third-order valence-electron chi connectivity index (χ3n) is 4.51. The van der Waals surface area contributed by atoms with Crippen LogP contribution >= 0.6 is 11.9 Å². The average molecular weight is 326 g/mol. The van der Waals surface area contributed by atoms with Crippen molar-refractivity contribution >= 4 is 22.9 Å². The molecule has 2 heterocycles. The zero-order valence-electron chi connectivity index (χ0n) is 13.4. The molecule has 118 valence electrons. The van der Waals surface area contributed by atoms with Gasteiger partial charge in [-0.15, -0.1) is 0 Å². The second kappa shape index (κ2) is 5.39. The van der Waals surface area contributed by atoms with Gasteiger partial charge in [0.2, 0.25) is 0 Å². The van der Waals surface area contributed by atoms with Crippen LogP contribution in [0.15, 0.2) is 47.5 Å². The Bertz CT molecular complexity index is 884. The van der Waals surface area contributed by atoms with E-state index in [4.69, 9.17) is 0 Å². The fourth-order valence-electron chi connectivity index (χ4n) is 3.35. The predicted octanol–water partition coefficient (Wildman–Crippen LogP) is 5.77. The van der Waals surface area contributed by atoms with E-state index >= 15 is 0 Å². The molecule has 0 radical (unpaired) electrons. The molecule has 1 aliphatic heterocycles. The molecule has 0 amide bonds. The van der Waals surface area contributed by atoms with Gasteiger partial charge < -0.3 is 4.98 Å². The Morgan fingerprint density at radius 3 is 2.78 bits per heavy atom. The third-order valence-corrected chi connectivity index (χ3v) is 6.03. The fourth-order valence-corrected chi connectivity index (χ4v) is 4.52. The molecule has 0 fully saturated rings. The number of nitrogens with one attached hydrogen (secondary N) is 1. The van der Waals surface area contributed by atoms with Gasteiger partial charge in [-0.25, -0.2) is 8.70 Å². The molecule has 4 heteroatoms. The Balaban J connectivity index is 1.80. The van der Waals surface area contributed by atoms with Gasteiger partial charge in [-0.05, 0) is 74.2 Å². The maximum atomic E-state index is 13.4. The Hall–Kier alpha value is -1.78. The smallest absolute Gasteiger partial charge is 0.125 e. The minimum atomic E-state index is -0.211. The van der Waals surface area contributed by atoms with Crippen molar-refractivity contribution in [2.24, 2.45) is 0 Å². The molecule has 2 nitrogen and oxygen atoms in total. The van der Waals surface area contributed by atoms with E-state index < -0.39 is 0 Å². The van der Waals surface area contributed by atoms with Crippen molar-refractivity contribution in [2.45, 2.75) is 37.8 Å². The Kier molecular flexibility index (Phi) is 3.47. The first-order valence-corrected chi connectivity index (χ1v) is 8.69. The number of aromatic nitrogens is 1. The molecule has 4 rings (SSSR count). The lowest BCUT2D eigenvalue weighted by Crippen LogP contribution is -2.22. The summed E-state index contributed by atoms with van der Waals surface area (Å²) >= 11 is 1.84. The van der Waals surface area contributed by atoms with E-state index in [2.05, 4.69) is 48.3 Å². The Labute approximate surface area is 139 Å². The number of hydrogen-bond donors (Lipinski definition) is 1. The molecule has 0 saturated heterocycles. The SMILES string of the molecule is CC(C)N1Sc2ccc(-c3c[nH]c4cc(F)ccc34)cc2C1C. The molecule has 1 aliphatic rings. The van der Waals surface area contributed by atoms with E-state index in [1.165, 1.54) is 22.1 Å². The monoisotopic (exact) mass is 326 g/mol. The summed E-state index contributed by atoms with van der Waals surface area (Å²) in [5.74, 6) is -0.211. The van der Waals surface area contributed by atoms with Gasteiger partial charge in [0, 0.05) is 39.6 Å². The van der Waals surface area contributed by atoms with Gasteiger partial charge in [-0.2, -0.15) is 0 Å². The Morgan fingerprint density at radius 1 is 1.17 bits per heavy atom. The molecule has 1 unspecified atom stereocenters. The highest BCUT2D eigenvalue weighted by Gasteiger charge is 2.30. The molecular formula is C19H19FN2S. The van der Waals surface area contributed by atoms with Crippen LogP contribution in [0.3, 0.4) is 0 Å². The number of rotatable bonds is 2. The summed E-state index contributed by atoms with van der Waals surface area (Å²) in [7, 11) is 0. The minimum Gasteiger partial charge on any atom is -0.360 e. The van der Waals surface area contributed by atoms with Gasteiger partial charge in [0.1, 0.15) is 5.82 Å². The van der Waals surface area contributed by atoms with E-state index in [-0.39, 0.29) is 5.82 Å². The molecule has 2 aromatic carbocycles. The van der Waals surface area contributed by atoms with E-state index in [9.17, 15) is 4.39 Å². The van der Waals surface area contributed by atoms with Gasteiger partial charge in [-0.3, -0.25) is 0 Å². The third kappa shape index (κ3) is 2.37. The first-order valence-electron chi connectivity index (χ1n) is 7.92.